The molecule has 26 heavy (non-hydrogen) atoms. The number of aromatic amines is 1. The minimum atomic E-state index is -0.239. The Morgan fingerprint density at radius 3 is 2.92 bits per heavy atom. The summed E-state index contributed by atoms with van der Waals surface area (Å²) in [6.07, 6.45) is 3.82. The number of rotatable bonds is 3. The van der Waals surface area contributed by atoms with Crippen LogP contribution in [0.15, 0.2) is 40.1 Å². The molecule has 1 fully saturated rings. The van der Waals surface area contributed by atoms with E-state index in [0.717, 1.165) is 40.3 Å². The van der Waals surface area contributed by atoms with Gasteiger partial charge in [0.25, 0.3) is 0 Å². The molecular weight excluding hydrogens is 351 g/mol. The first-order valence-electron chi connectivity index (χ1n) is 8.64. The lowest BCUT2D eigenvalue weighted by Gasteiger charge is -2.10. The first kappa shape index (κ1) is 15.8. The minimum absolute atomic E-state index is 0.239. The lowest BCUT2D eigenvalue weighted by atomic mass is 10.0. The molecular formula is C19H17FN4OS. The molecule has 132 valence electrons. The fourth-order valence-corrected chi connectivity index (χ4v) is 4.60. The standard InChI is InChI=1S/C19H17FN4OS/c1-11-8-13(20)18-12(9-16(23-18)26-24-6-2-3-7-24)17(11)14-4-5-15-19(22-14)21-10-25-15/h4-5,8-10,23H,2-3,6-7H2,1H3. The van der Waals surface area contributed by atoms with Crippen LogP contribution in [-0.4, -0.2) is 32.3 Å². The zero-order valence-electron chi connectivity index (χ0n) is 14.3. The molecule has 0 radical (unpaired) electrons. The zero-order chi connectivity index (χ0) is 17.7. The molecule has 0 saturated carbocycles. The van der Waals surface area contributed by atoms with Crippen LogP contribution < -0.4 is 0 Å². The van der Waals surface area contributed by atoms with E-state index < -0.39 is 0 Å². The van der Waals surface area contributed by atoms with Gasteiger partial charge in [0.1, 0.15) is 5.82 Å². The smallest absolute Gasteiger partial charge is 0.199 e. The largest absolute Gasteiger partial charge is 0.442 e. The van der Waals surface area contributed by atoms with Crippen LogP contribution in [0.2, 0.25) is 0 Å². The Labute approximate surface area is 153 Å². The summed E-state index contributed by atoms with van der Waals surface area (Å²) in [5.74, 6) is -0.239. The van der Waals surface area contributed by atoms with Crippen LogP contribution in [0, 0.1) is 12.7 Å². The predicted octanol–water partition coefficient (Wildman–Crippen LogP) is 4.92. The third-order valence-corrected chi connectivity index (χ3v) is 5.82. The Morgan fingerprint density at radius 2 is 2.08 bits per heavy atom. The van der Waals surface area contributed by atoms with Crippen LogP contribution in [0.1, 0.15) is 18.4 Å². The van der Waals surface area contributed by atoms with Crippen molar-refractivity contribution < 1.29 is 8.81 Å². The molecule has 1 aliphatic rings. The van der Waals surface area contributed by atoms with Crippen molar-refractivity contribution >= 4 is 34.1 Å². The highest BCUT2D eigenvalue weighted by Crippen LogP contribution is 2.37. The van der Waals surface area contributed by atoms with E-state index in [1.54, 1.807) is 18.0 Å². The average molecular weight is 368 g/mol. The SMILES string of the molecule is Cc1cc(F)c2[nH]c(SN3CCCC3)cc2c1-c1ccc2ocnc2n1. The van der Waals surface area contributed by atoms with Crippen LogP contribution in [0.4, 0.5) is 4.39 Å². The summed E-state index contributed by atoms with van der Waals surface area (Å²) >= 11 is 1.66. The maximum absolute atomic E-state index is 14.6. The van der Waals surface area contributed by atoms with E-state index in [1.807, 2.05) is 25.1 Å². The third-order valence-electron chi connectivity index (χ3n) is 4.78. The molecule has 0 aliphatic carbocycles. The molecule has 0 unspecified atom stereocenters. The molecule has 4 heterocycles. The van der Waals surface area contributed by atoms with E-state index in [0.29, 0.717) is 16.7 Å². The maximum Gasteiger partial charge on any atom is 0.199 e. The number of H-pyrrole nitrogens is 1. The highest BCUT2D eigenvalue weighted by Gasteiger charge is 2.19. The summed E-state index contributed by atoms with van der Waals surface area (Å²) in [6.45, 7) is 4.05. The van der Waals surface area contributed by atoms with Gasteiger partial charge in [0, 0.05) is 24.0 Å². The number of aromatic nitrogens is 3. The van der Waals surface area contributed by atoms with Gasteiger partial charge in [0.05, 0.1) is 16.2 Å². The summed E-state index contributed by atoms with van der Waals surface area (Å²) < 4.78 is 22.2. The number of hydrogen-bond donors (Lipinski definition) is 1. The van der Waals surface area contributed by atoms with Gasteiger partial charge in [-0.2, -0.15) is 4.98 Å². The highest BCUT2D eigenvalue weighted by atomic mass is 32.2. The number of aryl methyl sites for hydroxylation is 1. The van der Waals surface area contributed by atoms with Gasteiger partial charge in [-0.15, -0.1) is 0 Å². The topological polar surface area (TPSA) is 58.0 Å². The number of oxazole rings is 1. The van der Waals surface area contributed by atoms with E-state index in [1.165, 1.54) is 19.2 Å². The molecule has 0 atom stereocenters. The number of nitrogens with one attached hydrogen (secondary N) is 1. The third kappa shape index (κ3) is 2.59. The summed E-state index contributed by atoms with van der Waals surface area (Å²) in [4.78, 5) is 12.0. The highest BCUT2D eigenvalue weighted by molar-refractivity contribution is 7.97. The Morgan fingerprint density at radius 1 is 1.23 bits per heavy atom. The van der Waals surface area contributed by atoms with Crippen LogP contribution >= 0.6 is 11.9 Å². The Balaban J connectivity index is 1.66. The summed E-state index contributed by atoms with van der Waals surface area (Å²) in [5, 5.41) is 1.80. The van der Waals surface area contributed by atoms with Gasteiger partial charge in [-0.25, -0.2) is 13.7 Å². The number of hydrogen-bond acceptors (Lipinski definition) is 5. The normalized spacial score (nSPS) is 15.5. The minimum Gasteiger partial charge on any atom is -0.442 e. The fraction of sp³-hybridized carbons (Fsp3) is 0.263. The second-order valence-corrected chi connectivity index (χ2v) is 7.71. The molecule has 0 amide bonds. The van der Waals surface area contributed by atoms with Crippen molar-refractivity contribution in [1.82, 2.24) is 19.3 Å². The summed E-state index contributed by atoms with van der Waals surface area (Å²) in [7, 11) is 0. The van der Waals surface area contributed by atoms with Gasteiger partial charge in [0.2, 0.25) is 0 Å². The van der Waals surface area contributed by atoms with E-state index in [-0.39, 0.29) is 5.82 Å². The van der Waals surface area contributed by atoms with Gasteiger partial charge >= 0.3 is 0 Å². The average Bonchev–Trinajstić information content (AvgIpc) is 3.35. The van der Waals surface area contributed by atoms with Gasteiger partial charge in [-0.3, -0.25) is 0 Å². The lowest BCUT2D eigenvalue weighted by molar-refractivity contribution is 0.585. The summed E-state index contributed by atoms with van der Waals surface area (Å²) in [6, 6.07) is 7.34. The van der Waals surface area contributed by atoms with Crippen molar-refractivity contribution in [3.63, 3.8) is 0 Å². The Bertz CT molecular complexity index is 1110. The summed E-state index contributed by atoms with van der Waals surface area (Å²) in [5.41, 5.74) is 4.27. The van der Waals surface area contributed by atoms with Crippen molar-refractivity contribution in [3.8, 4) is 11.3 Å². The molecule has 0 spiro atoms. The van der Waals surface area contributed by atoms with Crippen LogP contribution in [0.3, 0.4) is 0 Å². The van der Waals surface area contributed by atoms with E-state index >= 15 is 0 Å². The Kier molecular flexibility index (Phi) is 3.72. The van der Waals surface area contributed by atoms with Crippen molar-refractivity contribution in [1.29, 1.82) is 0 Å². The van der Waals surface area contributed by atoms with Crippen LogP contribution in [-0.2, 0) is 0 Å². The number of pyridine rings is 1. The monoisotopic (exact) mass is 368 g/mol. The Hall–Kier alpha value is -2.38. The van der Waals surface area contributed by atoms with Gasteiger partial charge < -0.3 is 9.40 Å². The maximum atomic E-state index is 14.6. The zero-order valence-corrected chi connectivity index (χ0v) is 15.1. The van der Waals surface area contributed by atoms with Crippen molar-refractivity contribution in [2.75, 3.05) is 13.1 Å². The van der Waals surface area contributed by atoms with E-state index in [4.69, 9.17) is 4.42 Å². The molecule has 3 aromatic heterocycles. The number of nitrogens with zero attached hydrogens (tertiary/aromatic N) is 3. The quantitative estimate of drug-likeness (QED) is 0.520. The number of benzene rings is 1. The molecule has 5 nitrogen and oxygen atoms in total. The number of fused-ring (bicyclic) bond motifs is 2. The molecule has 7 heteroatoms. The van der Waals surface area contributed by atoms with Crippen LogP contribution in [0.25, 0.3) is 33.4 Å². The van der Waals surface area contributed by atoms with Crippen LogP contribution in [0.5, 0.6) is 0 Å². The predicted molar refractivity (Wildman–Crippen MR) is 100 cm³/mol. The van der Waals surface area contributed by atoms with Gasteiger partial charge in [-0.05, 0) is 61.5 Å². The number of halogens is 1. The molecule has 1 aliphatic heterocycles. The second-order valence-electron chi connectivity index (χ2n) is 6.57. The van der Waals surface area contributed by atoms with E-state index in [9.17, 15) is 4.39 Å². The van der Waals surface area contributed by atoms with E-state index in [2.05, 4.69) is 19.3 Å². The molecule has 5 rings (SSSR count). The molecule has 1 N–H and O–H groups in total. The molecule has 4 aromatic rings. The second kappa shape index (κ2) is 6.10. The van der Waals surface area contributed by atoms with Crippen molar-refractivity contribution in [3.05, 3.63) is 42.0 Å². The van der Waals surface area contributed by atoms with Crippen molar-refractivity contribution in [2.24, 2.45) is 0 Å². The van der Waals surface area contributed by atoms with Gasteiger partial charge in [0.15, 0.2) is 17.6 Å². The van der Waals surface area contributed by atoms with Crippen molar-refractivity contribution in [2.45, 2.75) is 24.8 Å². The first-order chi connectivity index (χ1) is 12.7. The fourth-order valence-electron chi connectivity index (χ4n) is 3.56. The molecule has 1 aromatic carbocycles. The molecule has 0 bridgehead atoms. The molecule has 1 saturated heterocycles. The lowest BCUT2D eigenvalue weighted by Crippen LogP contribution is -2.08. The van der Waals surface area contributed by atoms with Gasteiger partial charge in [-0.1, -0.05) is 0 Å². The first-order valence-corrected chi connectivity index (χ1v) is 9.42.